The Morgan fingerprint density at radius 1 is 1.37 bits per heavy atom. The maximum atomic E-state index is 12.2. The van der Waals surface area contributed by atoms with Gasteiger partial charge in [0.05, 0.1) is 10.7 Å². The minimum atomic E-state index is -3.74. The lowest BCUT2D eigenvalue weighted by atomic mass is 10.3. The van der Waals surface area contributed by atoms with Crippen LogP contribution >= 0.6 is 38.9 Å². The fraction of sp³-hybridized carbons (Fsp3) is 0.0909. The molecule has 0 amide bonds. The maximum absolute atomic E-state index is 12.2. The largest absolute Gasteiger partial charge is 0.398 e. The van der Waals surface area contributed by atoms with Gasteiger partial charge in [0.2, 0.25) is 10.0 Å². The van der Waals surface area contributed by atoms with E-state index in [1.54, 1.807) is 6.07 Å². The number of hydrogen-bond acceptors (Lipinski definition) is 4. The summed E-state index contributed by atoms with van der Waals surface area (Å²) < 4.78 is 27.7. The number of thiophene rings is 1. The fourth-order valence-corrected chi connectivity index (χ4v) is 4.68. The van der Waals surface area contributed by atoms with Gasteiger partial charge in [-0.15, -0.1) is 11.3 Å². The van der Waals surface area contributed by atoms with E-state index < -0.39 is 10.0 Å². The van der Waals surface area contributed by atoms with Crippen LogP contribution in [0.3, 0.4) is 0 Å². The standard InChI is InChI=1S/C11H10BrClN2O2S2/c12-7-4-5-18-10(7)6-15-19(16,17)11-8(13)2-1-3-9(11)14/h1-5,15H,6,14H2. The van der Waals surface area contributed by atoms with Crippen LogP contribution in [0.1, 0.15) is 4.88 Å². The third kappa shape index (κ3) is 3.29. The molecule has 0 saturated heterocycles. The van der Waals surface area contributed by atoms with Gasteiger partial charge in [0.15, 0.2) is 0 Å². The smallest absolute Gasteiger partial charge is 0.244 e. The lowest BCUT2D eigenvalue weighted by Crippen LogP contribution is -2.24. The first kappa shape index (κ1) is 14.8. The van der Waals surface area contributed by atoms with Gasteiger partial charge in [0, 0.05) is 15.9 Å². The molecule has 0 saturated carbocycles. The molecule has 0 bridgehead atoms. The molecule has 1 aromatic heterocycles. The van der Waals surface area contributed by atoms with Crippen molar-refractivity contribution in [1.29, 1.82) is 0 Å². The van der Waals surface area contributed by atoms with Crippen LogP contribution in [0.5, 0.6) is 0 Å². The van der Waals surface area contributed by atoms with E-state index in [-0.39, 0.29) is 22.2 Å². The number of nitrogen functional groups attached to an aromatic ring is 1. The van der Waals surface area contributed by atoms with E-state index in [4.69, 9.17) is 17.3 Å². The van der Waals surface area contributed by atoms with E-state index in [9.17, 15) is 8.42 Å². The van der Waals surface area contributed by atoms with Gasteiger partial charge in [0.25, 0.3) is 0 Å². The summed E-state index contributed by atoms with van der Waals surface area (Å²) in [5.74, 6) is 0. The summed E-state index contributed by atoms with van der Waals surface area (Å²) in [5, 5.41) is 1.98. The van der Waals surface area contributed by atoms with Crippen molar-refractivity contribution in [2.45, 2.75) is 11.4 Å². The number of halogens is 2. The number of nitrogens with two attached hydrogens (primary N) is 1. The summed E-state index contributed by atoms with van der Waals surface area (Å²) in [7, 11) is -3.74. The molecule has 0 unspecified atom stereocenters. The number of anilines is 1. The first-order chi connectivity index (χ1) is 8.92. The first-order valence-electron chi connectivity index (χ1n) is 5.17. The minimum Gasteiger partial charge on any atom is -0.398 e. The van der Waals surface area contributed by atoms with E-state index >= 15 is 0 Å². The molecule has 0 spiro atoms. The highest BCUT2D eigenvalue weighted by Gasteiger charge is 2.21. The molecule has 3 N–H and O–H groups in total. The highest BCUT2D eigenvalue weighted by molar-refractivity contribution is 9.10. The molecule has 4 nitrogen and oxygen atoms in total. The summed E-state index contributed by atoms with van der Waals surface area (Å²) in [6.07, 6.45) is 0. The van der Waals surface area contributed by atoms with Gasteiger partial charge in [-0.2, -0.15) is 0 Å². The molecule has 1 aromatic carbocycles. The quantitative estimate of drug-likeness (QED) is 0.799. The van der Waals surface area contributed by atoms with Gasteiger partial charge < -0.3 is 5.73 Å². The van der Waals surface area contributed by atoms with Gasteiger partial charge in [-0.1, -0.05) is 17.7 Å². The molecule has 0 aliphatic heterocycles. The minimum absolute atomic E-state index is 0.0793. The molecule has 0 radical (unpaired) electrons. The number of benzene rings is 1. The lowest BCUT2D eigenvalue weighted by molar-refractivity contribution is 0.582. The maximum Gasteiger partial charge on any atom is 0.244 e. The second-order valence-corrected chi connectivity index (χ2v) is 7.64. The molecular formula is C11H10BrClN2O2S2. The van der Waals surface area contributed by atoms with Crippen molar-refractivity contribution < 1.29 is 8.42 Å². The summed E-state index contributed by atoms with van der Waals surface area (Å²) in [6, 6.07) is 6.46. The van der Waals surface area contributed by atoms with E-state index in [2.05, 4.69) is 20.7 Å². The highest BCUT2D eigenvalue weighted by atomic mass is 79.9. The van der Waals surface area contributed by atoms with Crippen LogP contribution in [0.4, 0.5) is 5.69 Å². The normalized spacial score (nSPS) is 11.7. The lowest BCUT2D eigenvalue weighted by Gasteiger charge is -2.10. The van der Waals surface area contributed by atoms with Crippen LogP contribution in [0.2, 0.25) is 5.02 Å². The van der Waals surface area contributed by atoms with Crippen molar-refractivity contribution in [3.8, 4) is 0 Å². The predicted octanol–water partition coefficient (Wildman–Crippen LogP) is 3.22. The van der Waals surface area contributed by atoms with Gasteiger partial charge in [-0.3, -0.25) is 0 Å². The zero-order valence-corrected chi connectivity index (χ0v) is 13.5. The molecule has 0 aliphatic carbocycles. The van der Waals surface area contributed by atoms with E-state index in [1.807, 2.05) is 11.4 Å². The van der Waals surface area contributed by atoms with Crippen molar-refractivity contribution in [2.24, 2.45) is 0 Å². The SMILES string of the molecule is Nc1cccc(Cl)c1S(=O)(=O)NCc1sccc1Br. The Kier molecular flexibility index (Phi) is 4.52. The van der Waals surface area contributed by atoms with Crippen LogP contribution in [0.15, 0.2) is 39.0 Å². The van der Waals surface area contributed by atoms with Crippen molar-refractivity contribution in [3.63, 3.8) is 0 Å². The molecule has 2 rings (SSSR count). The Bertz CT molecular complexity index is 680. The topological polar surface area (TPSA) is 72.2 Å². The second kappa shape index (κ2) is 5.80. The first-order valence-corrected chi connectivity index (χ1v) is 8.70. The third-order valence-corrected chi connectivity index (χ3v) is 6.25. The molecule has 2 aromatic rings. The number of rotatable bonds is 4. The Balaban J connectivity index is 2.26. The van der Waals surface area contributed by atoms with Crippen LogP contribution < -0.4 is 10.5 Å². The van der Waals surface area contributed by atoms with Crippen LogP contribution in [0, 0.1) is 0 Å². The average Bonchev–Trinajstić information content (AvgIpc) is 2.72. The Labute approximate surface area is 128 Å². The van der Waals surface area contributed by atoms with Crippen molar-refractivity contribution >= 4 is 54.6 Å². The molecule has 8 heteroatoms. The summed E-state index contributed by atoms with van der Waals surface area (Å²) >= 11 is 10.7. The number of nitrogens with one attached hydrogen (secondary N) is 1. The Morgan fingerprint density at radius 3 is 2.68 bits per heavy atom. The van der Waals surface area contributed by atoms with Crippen LogP contribution in [-0.4, -0.2) is 8.42 Å². The van der Waals surface area contributed by atoms with Gasteiger partial charge in [0.1, 0.15) is 4.90 Å². The number of hydrogen-bond donors (Lipinski definition) is 2. The van der Waals surface area contributed by atoms with E-state index in [0.29, 0.717) is 0 Å². The molecule has 0 atom stereocenters. The van der Waals surface area contributed by atoms with Gasteiger partial charge in [-0.25, -0.2) is 13.1 Å². The predicted molar refractivity (Wildman–Crippen MR) is 81.9 cm³/mol. The summed E-state index contributed by atoms with van der Waals surface area (Å²) in [6.45, 7) is 0.186. The van der Waals surface area contributed by atoms with E-state index in [0.717, 1.165) is 9.35 Å². The molecular weight excluding hydrogens is 372 g/mol. The fourth-order valence-electron chi connectivity index (χ4n) is 1.49. The highest BCUT2D eigenvalue weighted by Crippen LogP contribution is 2.28. The Hall–Kier alpha value is -0.600. The second-order valence-electron chi connectivity index (χ2n) is 3.67. The monoisotopic (exact) mass is 380 g/mol. The van der Waals surface area contributed by atoms with Crippen molar-refractivity contribution in [3.05, 3.63) is 44.0 Å². The molecule has 0 fully saturated rings. The zero-order valence-electron chi connectivity index (χ0n) is 9.56. The zero-order chi connectivity index (χ0) is 14.0. The van der Waals surface area contributed by atoms with Crippen molar-refractivity contribution in [2.75, 3.05) is 5.73 Å². The third-order valence-electron chi connectivity index (χ3n) is 2.38. The van der Waals surface area contributed by atoms with Crippen LogP contribution in [0.25, 0.3) is 0 Å². The molecule has 102 valence electrons. The number of sulfonamides is 1. The summed E-state index contributed by atoms with van der Waals surface area (Å²) in [5.41, 5.74) is 5.81. The molecule has 1 heterocycles. The van der Waals surface area contributed by atoms with Crippen molar-refractivity contribution in [1.82, 2.24) is 4.72 Å². The molecule has 0 aliphatic rings. The van der Waals surface area contributed by atoms with E-state index in [1.165, 1.54) is 23.5 Å². The van der Waals surface area contributed by atoms with Gasteiger partial charge in [-0.05, 0) is 39.5 Å². The summed E-state index contributed by atoms with van der Waals surface area (Å²) in [4.78, 5) is 0.804. The average molecular weight is 382 g/mol. The molecule has 19 heavy (non-hydrogen) atoms. The Morgan fingerprint density at radius 2 is 2.11 bits per heavy atom. The van der Waals surface area contributed by atoms with Crippen LogP contribution in [-0.2, 0) is 16.6 Å². The van der Waals surface area contributed by atoms with Gasteiger partial charge >= 0.3 is 0 Å².